The molecule has 0 aliphatic heterocycles. The third-order valence-corrected chi connectivity index (χ3v) is 2.51. The van der Waals surface area contributed by atoms with E-state index in [9.17, 15) is 4.79 Å². The lowest BCUT2D eigenvalue weighted by molar-refractivity contribution is -0.132. The zero-order valence-corrected chi connectivity index (χ0v) is 11.3. The van der Waals surface area contributed by atoms with Gasteiger partial charge in [-0.3, -0.25) is 10.5 Å². The number of nitrogens with two attached hydrogens (primary N) is 2. The zero-order valence-electron chi connectivity index (χ0n) is 11.3. The minimum atomic E-state index is -1.34. The Kier molecular flexibility index (Phi) is 4.64. The summed E-state index contributed by atoms with van der Waals surface area (Å²) in [4.78, 5) is 10.8. The van der Waals surface area contributed by atoms with Crippen molar-refractivity contribution in [3.05, 3.63) is 59.4 Å². The van der Waals surface area contributed by atoms with Crippen LogP contribution in [0.15, 0.2) is 48.2 Å². The number of hydrogen-bond acceptors (Lipinski definition) is 6. The molecule has 1 aromatic carbocycles. The van der Waals surface area contributed by atoms with Gasteiger partial charge in [-0.15, -0.1) is 0 Å². The van der Waals surface area contributed by atoms with Gasteiger partial charge in [-0.1, -0.05) is 17.9 Å². The third kappa shape index (κ3) is 3.78. The summed E-state index contributed by atoms with van der Waals surface area (Å²) in [7, 11) is 0. The van der Waals surface area contributed by atoms with Crippen LogP contribution in [-0.2, 0) is 4.79 Å². The highest BCUT2D eigenvalue weighted by atomic mass is 16.5. The van der Waals surface area contributed by atoms with Gasteiger partial charge >= 0.3 is 5.97 Å². The third-order valence-electron chi connectivity index (χ3n) is 2.51. The van der Waals surface area contributed by atoms with Crippen LogP contribution in [0.1, 0.15) is 11.1 Å². The van der Waals surface area contributed by atoms with Crippen LogP contribution in [0.4, 0.5) is 0 Å². The molecule has 112 valence electrons. The van der Waals surface area contributed by atoms with Gasteiger partial charge in [0, 0.05) is 11.8 Å². The number of aromatic amines is 1. The van der Waals surface area contributed by atoms with E-state index in [1.54, 1.807) is 36.7 Å². The van der Waals surface area contributed by atoms with Gasteiger partial charge in [-0.05, 0) is 18.2 Å². The maximum atomic E-state index is 10.8. The van der Waals surface area contributed by atoms with Crippen molar-refractivity contribution in [2.75, 3.05) is 0 Å². The number of carboxylic acids is 1. The minimum Gasteiger partial charge on any atom is -0.476 e. The lowest BCUT2D eigenvalue weighted by Crippen LogP contribution is -2.31. The van der Waals surface area contributed by atoms with Crippen molar-refractivity contribution in [2.45, 2.75) is 0 Å². The molecule has 0 aliphatic rings. The van der Waals surface area contributed by atoms with Crippen LogP contribution in [0.25, 0.3) is 0 Å². The fourth-order valence-electron chi connectivity index (χ4n) is 1.48. The summed E-state index contributed by atoms with van der Waals surface area (Å²) in [6, 6.07) is 6.73. The monoisotopic (exact) mass is 299 g/mol. The second-order valence-electron chi connectivity index (χ2n) is 4.06. The highest BCUT2D eigenvalue weighted by Crippen LogP contribution is 2.15. The molecule has 8 heteroatoms. The fourth-order valence-corrected chi connectivity index (χ4v) is 1.48. The molecular formula is C14H13N5O3. The number of rotatable bonds is 4. The van der Waals surface area contributed by atoms with E-state index in [-0.39, 0.29) is 5.88 Å². The number of nitrogens with one attached hydrogen (secondary N) is 2. The second-order valence-corrected chi connectivity index (χ2v) is 4.06. The number of nitrogens with zero attached hydrogens (tertiary/aromatic N) is 1. The van der Waals surface area contributed by atoms with E-state index in [2.05, 4.69) is 27.5 Å². The molecule has 7 N–H and O–H groups in total. The summed E-state index contributed by atoms with van der Waals surface area (Å²) in [6.07, 6.45) is 3.26. The Labute approximate surface area is 125 Å². The number of benzene rings is 1. The van der Waals surface area contributed by atoms with Crippen LogP contribution in [0.3, 0.4) is 0 Å². The quantitative estimate of drug-likeness (QED) is 0.174. The summed E-state index contributed by atoms with van der Waals surface area (Å²) in [5, 5.41) is 15.3. The average molecular weight is 299 g/mol. The van der Waals surface area contributed by atoms with Gasteiger partial charge in [0.25, 0.3) is 0 Å². The smallest absolute Gasteiger partial charge is 0.357 e. The van der Waals surface area contributed by atoms with E-state index in [1.165, 1.54) is 0 Å². The van der Waals surface area contributed by atoms with Gasteiger partial charge in [0.1, 0.15) is 5.75 Å². The molecule has 1 aromatic heterocycles. The predicted octanol–water partition coefficient (Wildman–Crippen LogP) is -0.136. The number of hydrazine groups is 1. The zero-order chi connectivity index (χ0) is 15.9. The fraction of sp³-hybridized carbons (Fsp3) is 0. The maximum Gasteiger partial charge on any atom is 0.357 e. The Morgan fingerprint density at radius 2 is 2.14 bits per heavy atom. The van der Waals surface area contributed by atoms with E-state index >= 15 is 0 Å². The largest absolute Gasteiger partial charge is 0.476 e. The molecule has 8 nitrogen and oxygen atoms in total. The van der Waals surface area contributed by atoms with E-state index < -0.39 is 11.7 Å². The first-order chi connectivity index (χ1) is 10.6. The molecule has 0 atom stereocenters. The topological polar surface area (TPSA) is 139 Å². The Morgan fingerprint density at radius 3 is 2.77 bits per heavy atom. The predicted molar refractivity (Wildman–Crippen MR) is 77.8 cm³/mol. The first kappa shape index (κ1) is 15.0. The van der Waals surface area contributed by atoms with E-state index in [0.717, 1.165) is 5.56 Å². The number of carboxylic acid groups (broad SMARTS) is 1. The average Bonchev–Trinajstić information content (AvgIpc) is 3.03. The summed E-state index contributed by atoms with van der Waals surface area (Å²) in [5.74, 6) is 9.78. The van der Waals surface area contributed by atoms with Crippen LogP contribution in [0, 0.1) is 11.8 Å². The molecule has 0 unspecified atom stereocenters. The standard InChI is InChI=1S/C14H13N5O3/c15-12(14(20)21)13(19-16)22-11-3-1-2-9(6-11)4-5-10-7-17-18-8-10/h1-3,6-8,19H,15-16H2,(H,17,18)(H,20,21)/b13-12+. The molecule has 1 heterocycles. The second kappa shape index (κ2) is 6.83. The Morgan fingerprint density at radius 1 is 1.36 bits per heavy atom. The molecule has 0 radical (unpaired) electrons. The van der Waals surface area contributed by atoms with Gasteiger partial charge in [-0.25, -0.2) is 10.6 Å². The van der Waals surface area contributed by atoms with Crippen LogP contribution in [-0.4, -0.2) is 21.3 Å². The van der Waals surface area contributed by atoms with Crippen LogP contribution in [0.2, 0.25) is 0 Å². The van der Waals surface area contributed by atoms with Crippen LogP contribution in [0.5, 0.6) is 5.75 Å². The lowest BCUT2D eigenvalue weighted by Gasteiger charge is -2.10. The molecule has 0 saturated carbocycles. The number of carbonyl (C=O) groups is 1. The number of hydrogen-bond donors (Lipinski definition) is 5. The summed E-state index contributed by atoms with van der Waals surface area (Å²) >= 11 is 0. The van der Waals surface area contributed by atoms with Crippen molar-refractivity contribution in [3.63, 3.8) is 0 Å². The highest BCUT2D eigenvalue weighted by Gasteiger charge is 2.12. The van der Waals surface area contributed by atoms with E-state index in [0.29, 0.717) is 11.3 Å². The van der Waals surface area contributed by atoms with Crippen molar-refractivity contribution in [1.82, 2.24) is 15.6 Å². The van der Waals surface area contributed by atoms with Gasteiger partial charge in [0.05, 0.1) is 11.8 Å². The molecule has 0 aliphatic carbocycles. The first-order valence-corrected chi connectivity index (χ1v) is 6.08. The van der Waals surface area contributed by atoms with Crippen molar-refractivity contribution < 1.29 is 14.6 Å². The molecule has 0 saturated heterocycles. The number of aromatic nitrogens is 2. The summed E-state index contributed by atoms with van der Waals surface area (Å²) in [5.41, 5.74) is 8.34. The Bertz CT molecular complexity index is 756. The molecule has 22 heavy (non-hydrogen) atoms. The molecule has 0 bridgehead atoms. The van der Waals surface area contributed by atoms with Gasteiger partial charge in [-0.2, -0.15) is 5.10 Å². The van der Waals surface area contributed by atoms with Crippen molar-refractivity contribution in [2.24, 2.45) is 11.6 Å². The van der Waals surface area contributed by atoms with E-state index in [1.807, 2.05) is 0 Å². The van der Waals surface area contributed by atoms with Gasteiger partial charge in [0.2, 0.25) is 5.88 Å². The number of aliphatic carboxylic acids is 1. The maximum absolute atomic E-state index is 10.8. The minimum absolute atomic E-state index is 0.257. The van der Waals surface area contributed by atoms with E-state index in [4.69, 9.17) is 21.4 Å². The Hall–Kier alpha value is -3.44. The van der Waals surface area contributed by atoms with Crippen molar-refractivity contribution in [1.29, 1.82) is 0 Å². The molecule has 0 fully saturated rings. The van der Waals surface area contributed by atoms with Crippen molar-refractivity contribution in [3.8, 4) is 17.6 Å². The van der Waals surface area contributed by atoms with Crippen LogP contribution < -0.4 is 21.7 Å². The van der Waals surface area contributed by atoms with Gasteiger partial charge in [0.15, 0.2) is 5.70 Å². The summed E-state index contributed by atoms with van der Waals surface area (Å²) in [6.45, 7) is 0. The first-order valence-electron chi connectivity index (χ1n) is 6.08. The van der Waals surface area contributed by atoms with Crippen LogP contribution >= 0.6 is 0 Å². The SMILES string of the molecule is NN/C(Oc1cccc(C#Cc2cn[nH]c2)c1)=C(\N)C(=O)O. The van der Waals surface area contributed by atoms with Gasteiger partial charge < -0.3 is 15.6 Å². The number of H-pyrrole nitrogens is 1. The summed E-state index contributed by atoms with van der Waals surface area (Å²) < 4.78 is 5.32. The molecule has 0 spiro atoms. The number of ether oxygens (including phenoxy) is 1. The molecule has 2 aromatic rings. The van der Waals surface area contributed by atoms with Crippen molar-refractivity contribution >= 4 is 5.97 Å². The molecule has 0 amide bonds. The lowest BCUT2D eigenvalue weighted by atomic mass is 10.2. The normalized spacial score (nSPS) is 11.0. The highest BCUT2D eigenvalue weighted by molar-refractivity contribution is 5.85. The Balaban J connectivity index is 2.22. The molecule has 2 rings (SSSR count). The molecular weight excluding hydrogens is 286 g/mol.